The van der Waals surface area contributed by atoms with Gasteiger partial charge in [-0.05, 0) is 12.8 Å². The lowest BCUT2D eigenvalue weighted by atomic mass is 10.0. The van der Waals surface area contributed by atoms with E-state index < -0.39 is 0 Å². The number of hydrogen-bond donors (Lipinski definition) is 2. The Morgan fingerprint density at radius 2 is 2.17 bits per heavy atom. The van der Waals surface area contributed by atoms with Crippen LogP contribution < -0.4 is 15.8 Å². The van der Waals surface area contributed by atoms with Gasteiger partial charge in [0.25, 0.3) is 0 Å². The van der Waals surface area contributed by atoms with Crippen molar-refractivity contribution in [1.82, 2.24) is 15.1 Å². The summed E-state index contributed by atoms with van der Waals surface area (Å²) in [6.45, 7) is 6.33. The molecular weight excluding hydrogens is 232 g/mol. The first-order valence-electron chi connectivity index (χ1n) is 5.97. The summed E-state index contributed by atoms with van der Waals surface area (Å²) >= 11 is 0. The lowest BCUT2D eigenvalue weighted by Gasteiger charge is -2.19. The molecule has 0 radical (unpaired) electrons. The van der Waals surface area contributed by atoms with Gasteiger partial charge in [0.15, 0.2) is 0 Å². The van der Waals surface area contributed by atoms with Gasteiger partial charge in [-0.2, -0.15) is 5.10 Å². The lowest BCUT2D eigenvalue weighted by Crippen LogP contribution is -2.44. The van der Waals surface area contributed by atoms with Gasteiger partial charge in [-0.15, -0.1) is 0 Å². The molecule has 1 amide bonds. The Hall–Kier alpha value is -1.56. The Balaban J connectivity index is 2.82. The fourth-order valence-corrected chi connectivity index (χ4v) is 2.02. The molecule has 1 aromatic rings. The Labute approximate surface area is 107 Å². The minimum atomic E-state index is -0.352. The normalized spacial score (nSPS) is 12.8. The number of rotatable bonds is 6. The molecule has 0 fully saturated rings. The highest BCUT2D eigenvalue weighted by Crippen LogP contribution is 2.20. The Morgan fingerprint density at radius 3 is 2.61 bits per heavy atom. The molecule has 0 aliphatic heterocycles. The Kier molecular flexibility index (Phi) is 4.72. The molecule has 18 heavy (non-hydrogen) atoms. The highest BCUT2D eigenvalue weighted by Gasteiger charge is 2.21. The van der Waals surface area contributed by atoms with E-state index in [1.165, 1.54) is 0 Å². The number of amides is 1. The first kappa shape index (κ1) is 14.5. The number of carbonyl (C=O) groups is 1. The summed E-state index contributed by atoms with van der Waals surface area (Å²) < 4.78 is 6.98. The summed E-state index contributed by atoms with van der Waals surface area (Å²) in [5, 5.41) is 7.44. The Morgan fingerprint density at radius 1 is 1.56 bits per heavy atom. The predicted octanol–water partition coefficient (Wildman–Crippen LogP) is 0.337. The second-order valence-electron chi connectivity index (χ2n) is 4.70. The van der Waals surface area contributed by atoms with Crippen molar-refractivity contribution in [3.63, 3.8) is 0 Å². The monoisotopic (exact) mass is 254 g/mol. The van der Waals surface area contributed by atoms with Gasteiger partial charge in [0.05, 0.1) is 24.4 Å². The van der Waals surface area contributed by atoms with Crippen LogP contribution in [0.1, 0.15) is 25.1 Å². The molecule has 1 heterocycles. The molecule has 3 N–H and O–H groups in total. The highest BCUT2D eigenvalue weighted by molar-refractivity contribution is 5.80. The van der Waals surface area contributed by atoms with Crippen LogP contribution in [0, 0.1) is 12.8 Å². The van der Waals surface area contributed by atoms with E-state index in [0.717, 1.165) is 11.3 Å². The van der Waals surface area contributed by atoms with Crippen molar-refractivity contribution in [2.24, 2.45) is 18.7 Å². The van der Waals surface area contributed by atoms with Crippen LogP contribution in [0.2, 0.25) is 0 Å². The van der Waals surface area contributed by atoms with Crippen LogP contribution in [0.5, 0.6) is 5.88 Å². The minimum absolute atomic E-state index is 0.144. The number of methoxy groups -OCH3 is 1. The van der Waals surface area contributed by atoms with Gasteiger partial charge >= 0.3 is 0 Å². The number of aromatic nitrogens is 2. The van der Waals surface area contributed by atoms with Crippen LogP contribution >= 0.6 is 0 Å². The van der Waals surface area contributed by atoms with Crippen molar-refractivity contribution in [3.05, 3.63) is 11.3 Å². The van der Waals surface area contributed by atoms with Crippen molar-refractivity contribution in [2.45, 2.75) is 33.4 Å². The van der Waals surface area contributed by atoms with Crippen LogP contribution in [-0.2, 0) is 18.4 Å². The summed E-state index contributed by atoms with van der Waals surface area (Å²) in [7, 11) is 3.43. The maximum atomic E-state index is 11.3. The molecule has 0 saturated heterocycles. The van der Waals surface area contributed by atoms with Crippen LogP contribution in [0.3, 0.4) is 0 Å². The number of nitrogens with two attached hydrogens (primary N) is 1. The van der Waals surface area contributed by atoms with Crippen LogP contribution in [-0.4, -0.2) is 28.8 Å². The molecule has 6 heteroatoms. The summed E-state index contributed by atoms with van der Waals surface area (Å²) in [5.41, 5.74) is 7.20. The van der Waals surface area contributed by atoms with Gasteiger partial charge < -0.3 is 15.8 Å². The summed E-state index contributed by atoms with van der Waals surface area (Å²) in [6, 6.07) is -0.352. The van der Waals surface area contributed by atoms with E-state index in [-0.39, 0.29) is 17.9 Å². The maximum Gasteiger partial charge on any atom is 0.234 e. The molecule has 1 rings (SSSR count). The summed E-state index contributed by atoms with van der Waals surface area (Å²) in [6.07, 6.45) is 0. The fourth-order valence-electron chi connectivity index (χ4n) is 2.02. The number of ether oxygens (including phenoxy) is 1. The molecule has 0 spiro atoms. The molecule has 102 valence electrons. The fraction of sp³-hybridized carbons (Fsp3) is 0.667. The second-order valence-corrected chi connectivity index (χ2v) is 4.70. The smallest absolute Gasteiger partial charge is 0.234 e. The quantitative estimate of drug-likeness (QED) is 0.766. The van der Waals surface area contributed by atoms with Crippen molar-refractivity contribution >= 4 is 5.91 Å². The third-order valence-corrected chi connectivity index (χ3v) is 2.95. The predicted molar refractivity (Wildman–Crippen MR) is 69.2 cm³/mol. The summed E-state index contributed by atoms with van der Waals surface area (Å²) in [5.74, 6) is 0.503. The van der Waals surface area contributed by atoms with E-state index in [1.807, 2.05) is 27.8 Å². The van der Waals surface area contributed by atoms with E-state index in [9.17, 15) is 4.79 Å². The van der Waals surface area contributed by atoms with Crippen molar-refractivity contribution < 1.29 is 9.53 Å². The highest BCUT2D eigenvalue weighted by atomic mass is 16.5. The Bertz CT molecular complexity index is 426. The second kappa shape index (κ2) is 5.86. The molecular formula is C12H22N4O2. The van der Waals surface area contributed by atoms with Crippen LogP contribution in [0.4, 0.5) is 0 Å². The van der Waals surface area contributed by atoms with Gasteiger partial charge in [0.1, 0.15) is 0 Å². The third-order valence-electron chi connectivity index (χ3n) is 2.95. The SMILES string of the molecule is COc1c(CNC(C(N)=O)C(C)C)c(C)nn1C. The average molecular weight is 254 g/mol. The molecule has 1 aromatic heterocycles. The first-order chi connectivity index (χ1) is 8.38. The lowest BCUT2D eigenvalue weighted by molar-refractivity contribution is -0.121. The standard InChI is InChI=1S/C12H22N4O2/c1-7(2)10(11(13)17)14-6-9-8(3)15-16(4)12(9)18-5/h7,10,14H,6H2,1-5H3,(H2,13,17). The molecule has 1 atom stereocenters. The molecule has 0 aromatic carbocycles. The largest absolute Gasteiger partial charge is 0.481 e. The van der Waals surface area contributed by atoms with Crippen LogP contribution in [0.25, 0.3) is 0 Å². The molecule has 0 bridgehead atoms. The molecule has 0 aliphatic carbocycles. The van der Waals surface area contributed by atoms with Crippen molar-refractivity contribution in [2.75, 3.05) is 7.11 Å². The average Bonchev–Trinajstić information content (AvgIpc) is 2.52. The van der Waals surface area contributed by atoms with Gasteiger partial charge in [0, 0.05) is 13.6 Å². The number of primary amides is 1. The van der Waals surface area contributed by atoms with E-state index >= 15 is 0 Å². The van der Waals surface area contributed by atoms with Crippen molar-refractivity contribution in [3.8, 4) is 5.88 Å². The molecule has 6 nitrogen and oxygen atoms in total. The zero-order valence-corrected chi connectivity index (χ0v) is 11.7. The minimum Gasteiger partial charge on any atom is -0.481 e. The maximum absolute atomic E-state index is 11.3. The third kappa shape index (κ3) is 3.01. The number of aryl methyl sites for hydroxylation is 2. The zero-order chi connectivity index (χ0) is 13.9. The summed E-state index contributed by atoms with van der Waals surface area (Å²) in [4.78, 5) is 11.3. The molecule has 1 unspecified atom stereocenters. The van der Waals surface area contributed by atoms with E-state index in [0.29, 0.717) is 12.4 Å². The topological polar surface area (TPSA) is 82.2 Å². The number of nitrogens with zero attached hydrogens (tertiary/aromatic N) is 2. The van der Waals surface area contributed by atoms with Crippen molar-refractivity contribution in [1.29, 1.82) is 0 Å². The number of carbonyl (C=O) groups excluding carboxylic acids is 1. The van der Waals surface area contributed by atoms with Crippen LogP contribution in [0.15, 0.2) is 0 Å². The first-order valence-corrected chi connectivity index (χ1v) is 5.97. The zero-order valence-electron chi connectivity index (χ0n) is 11.7. The van der Waals surface area contributed by atoms with Gasteiger partial charge in [0.2, 0.25) is 11.8 Å². The molecule has 0 aliphatic rings. The van der Waals surface area contributed by atoms with E-state index in [1.54, 1.807) is 11.8 Å². The molecule has 0 saturated carbocycles. The van der Waals surface area contributed by atoms with E-state index in [4.69, 9.17) is 10.5 Å². The van der Waals surface area contributed by atoms with Gasteiger partial charge in [-0.3, -0.25) is 4.79 Å². The van der Waals surface area contributed by atoms with Gasteiger partial charge in [-0.1, -0.05) is 13.8 Å². The van der Waals surface area contributed by atoms with Gasteiger partial charge in [-0.25, -0.2) is 4.68 Å². The van der Waals surface area contributed by atoms with E-state index in [2.05, 4.69) is 10.4 Å². The number of nitrogens with one attached hydrogen (secondary N) is 1. The number of hydrogen-bond acceptors (Lipinski definition) is 4.